The zero-order valence-electron chi connectivity index (χ0n) is 9.36. The van der Waals surface area contributed by atoms with Crippen molar-refractivity contribution in [1.82, 2.24) is 4.90 Å². The number of carbonyl (C=O) groups is 1. The molecular formula is C12H18N2O. The maximum absolute atomic E-state index is 11.2. The van der Waals surface area contributed by atoms with Crippen LogP contribution >= 0.6 is 0 Å². The number of amides is 1. The number of benzene rings is 1. The van der Waals surface area contributed by atoms with E-state index in [1.54, 1.807) is 11.9 Å². The van der Waals surface area contributed by atoms with Crippen LogP contribution in [0.25, 0.3) is 0 Å². The Bertz CT molecular complexity index is 336. The van der Waals surface area contributed by atoms with Crippen LogP contribution in [0.15, 0.2) is 24.3 Å². The quantitative estimate of drug-likeness (QED) is 0.797. The highest BCUT2D eigenvalue weighted by atomic mass is 16.2. The van der Waals surface area contributed by atoms with Crippen molar-refractivity contribution in [3.05, 3.63) is 35.4 Å². The maximum atomic E-state index is 11.2. The zero-order valence-corrected chi connectivity index (χ0v) is 9.36. The number of aryl methyl sites for hydroxylation is 1. The Morgan fingerprint density at radius 1 is 1.47 bits per heavy atom. The molecule has 0 unspecified atom stereocenters. The van der Waals surface area contributed by atoms with Gasteiger partial charge in [0.15, 0.2) is 0 Å². The second-order valence-electron chi connectivity index (χ2n) is 3.76. The first-order chi connectivity index (χ1) is 7.13. The number of nitrogens with zero attached hydrogens (tertiary/aromatic N) is 1. The van der Waals surface area contributed by atoms with Crippen LogP contribution in [0.5, 0.6) is 0 Å². The van der Waals surface area contributed by atoms with Crippen molar-refractivity contribution in [1.29, 1.82) is 0 Å². The molecule has 0 bridgehead atoms. The first-order valence-corrected chi connectivity index (χ1v) is 5.13. The SMILES string of the molecule is Cc1cccc(CCN(C)C(=O)CN)c1. The summed E-state index contributed by atoms with van der Waals surface area (Å²) in [5.74, 6) is -0.0114. The van der Waals surface area contributed by atoms with Gasteiger partial charge in [0.2, 0.25) is 5.91 Å². The van der Waals surface area contributed by atoms with Gasteiger partial charge in [-0.15, -0.1) is 0 Å². The summed E-state index contributed by atoms with van der Waals surface area (Å²) in [4.78, 5) is 12.9. The second kappa shape index (κ2) is 5.51. The Balaban J connectivity index is 2.47. The van der Waals surface area contributed by atoms with E-state index in [1.807, 2.05) is 6.07 Å². The minimum Gasteiger partial charge on any atom is -0.344 e. The molecule has 0 spiro atoms. The fourth-order valence-electron chi connectivity index (χ4n) is 1.44. The van der Waals surface area contributed by atoms with E-state index in [-0.39, 0.29) is 12.5 Å². The van der Waals surface area contributed by atoms with Crippen LogP contribution in [0.3, 0.4) is 0 Å². The van der Waals surface area contributed by atoms with Gasteiger partial charge in [-0.1, -0.05) is 29.8 Å². The van der Waals surface area contributed by atoms with Crippen molar-refractivity contribution < 1.29 is 4.79 Å². The molecule has 1 amide bonds. The topological polar surface area (TPSA) is 46.3 Å². The van der Waals surface area contributed by atoms with Crippen molar-refractivity contribution in [3.63, 3.8) is 0 Å². The number of hydrogen-bond acceptors (Lipinski definition) is 2. The fourth-order valence-corrected chi connectivity index (χ4v) is 1.44. The van der Waals surface area contributed by atoms with E-state index >= 15 is 0 Å². The largest absolute Gasteiger partial charge is 0.344 e. The highest BCUT2D eigenvalue weighted by molar-refractivity contribution is 5.77. The van der Waals surface area contributed by atoms with Crippen LogP contribution < -0.4 is 5.73 Å². The summed E-state index contributed by atoms with van der Waals surface area (Å²) in [6.45, 7) is 2.88. The predicted molar refractivity (Wildman–Crippen MR) is 61.6 cm³/mol. The van der Waals surface area contributed by atoms with Crippen molar-refractivity contribution in [2.45, 2.75) is 13.3 Å². The van der Waals surface area contributed by atoms with Gasteiger partial charge in [-0.3, -0.25) is 4.79 Å². The van der Waals surface area contributed by atoms with E-state index in [0.717, 1.165) is 13.0 Å². The molecule has 0 fully saturated rings. The molecule has 82 valence electrons. The van der Waals surface area contributed by atoms with Gasteiger partial charge in [0.05, 0.1) is 6.54 Å². The van der Waals surface area contributed by atoms with Gasteiger partial charge in [-0.25, -0.2) is 0 Å². The summed E-state index contributed by atoms with van der Waals surface area (Å²) in [6, 6.07) is 8.32. The van der Waals surface area contributed by atoms with Gasteiger partial charge in [0.25, 0.3) is 0 Å². The maximum Gasteiger partial charge on any atom is 0.236 e. The number of rotatable bonds is 4. The normalized spacial score (nSPS) is 10.1. The molecule has 0 aromatic heterocycles. The zero-order chi connectivity index (χ0) is 11.3. The Morgan fingerprint density at radius 3 is 2.80 bits per heavy atom. The number of nitrogens with two attached hydrogens (primary N) is 1. The van der Waals surface area contributed by atoms with Crippen LogP contribution in [0.1, 0.15) is 11.1 Å². The van der Waals surface area contributed by atoms with E-state index in [4.69, 9.17) is 5.73 Å². The lowest BCUT2D eigenvalue weighted by Gasteiger charge is -2.15. The molecule has 2 N–H and O–H groups in total. The van der Waals surface area contributed by atoms with Gasteiger partial charge >= 0.3 is 0 Å². The fraction of sp³-hybridized carbons (Fsp3) is 0.417. The highest BCUT2D eigenvalue weighted by Crippen LogP contribution is 2.05. The highest BCUT2D eigenvalue weighted by Gasteiger charge is 2.05. The summed E-state index contributed by atoms with van der Waals surface area (Å²) in [5, 5.41) is 0. The van der Waals surface area contributed by atoms with Crippen LogP contribution in [-0.4, -0.2) is 30.9 Å². The number of hydrogen-bond donors (Lipinski definition) is 1. The summed E-state index contributed by atoms with van der Waals surface area (Å²) >= 11 is 0. The van der Waals surface area contributed by atoms with Crippen molar-refractivity contribution >= 4 is 5.91 Å². The summed E-state index contributed by atoms with van der Waals surface area (Å²) in [6.07, 6.45) is 0.879. The second-order valence-corrected chi connectivity index (χ2v) is 3.76. The van der Waals surface area contributed by atoms with Crippen LogP contribution in [-0.2, 0) is 11.2 Å². The van der Waals surface area contributed by atoms with E-state index in [1.165, 1.54) is 11.1 Å². The molecule has 3 nitrogen and oxygen atoms in total. The lowest BCUT2D eigenvalue weighted by molar-refractivity contribution is -0.128. The molecule has 0 aliphatic rings. The smallest absolute Gasteiger partial charge is 0.236 e. The first kappa shape index (κ1) is 11.7. The molecule has 0 atom stereocenters. The Labute approximate surface area is 90.9 Å². The number of likely N-dealkylation sites (N-methyl/N-ethyl adjacent to an activating group) is 1. The molecule has 3 heteroatoms. The third-order valence-corrected chi connectivity index (χ3v) is 2.42. The van der Waals surface area contributed by atoms with Crippen molar-refractivity contribution in [2.24, 2.45) is 5.73 Å². The lowest BCUT2D eigenvalue weighted by atomic mass is 10.1. The van der Waals surface area contributed by atoms with Gasteiger partial charge in [-0.05, 0) is 18.9 Å². The predicted octanol–water partition coefficient (Wildman–Crippen LogP) is 0.955. The van der Waals surface area contributed by atoms with Crippen molar-refractivity contribution in [2.75, 3.05) is 20.1 Å². The molecule has 1 aromatic carbocycles. The Morgan fingerprint density at radius 2 is 2.20 bits per heavy atom. The Hall–Kier alpha value is -1.35. The average Bonchev–Trinajstić information content (AvgIpc) is 2.25. The monoisotopic (exact) mass is 206 g/mol. The van der Waals surface area contributed by atoms with Crippen LogP contribution in [0, 0.1) is 6.92 Å². The lowest BCUT2D eigenvalue weighted by Crippen LogP contribution is -2.34. The third-order valence-electron chi connectivity index (χ3n) is 2.42. The minimum absolute atomic E-state index is 0.0114. The average molecular weight is 206 g/mol. The van der Waals surface area contributed by atoms with Gasteiger partial charge < -0.3 is 10.6 Å². The first-order valence-electron chi connectivity index (χ1n) is 5.13. The summed E-state index contributed by atoms with van der Waals surface area (Å²) < 4.78 is 0. The molecule has 1 rings (SSSR count). The van der Waals surface area contributed by atoms with Gasteiger partial charge in [-0.2, -0.15) is 0 Å². The Kier molecular flexibility index (Phi) is 4.31. The molecule has 0 aliphatic carbocycles. The van der Waals surface area contributed by atoms with E-state index < -0.39 is 0 Å². The third kappa shape index (κ3) is 3.72. The van der Waals surface area contributed by atoms with Crippen molar-refractivity contribution in [3.8, 4) is 0 Å². The summed E-state index contributed by atoms with van der Waals surface area (Å²) in [7, 11) is 1.78. The minimum atomic E-state index is -0.0114. The van der Waals surface area contributed by atoms with Crippen LogP contribution in [0.2, 0.25) is 0 Å². The molecule has 15 heavy (non-hydrogen) atoms. The molecule has 0 saturated heterocycles. The van der Waals surface area contributed by atoms with Gasteiger partial charge in [0, 0.05) is 13.6 Å². The number of carbonyl (C=O) groups excluding carboxylic acids is 1. The van der Waals surface area contributed by atoms with E-state index in [9.17, 15) is 4.79 Å². The van der Waals surface area contributed by atoms with Gasteiger partial charge in [0.1, 0.15) is 0 Å². The van der Waals surface area contributed by atoms with E-state index in [2.05, 4.69) is 25.1 Å². The standard InChI is InChI=1S/C12H18N2O/c1-10-4-3-5-11(8-10)6-7-14(2)12(15)9-13/h3-5,8H,6-7,9,13H2,1-2H3. The molecular weight excluding hydrogens is 188 g/mol. The van der Waals surface area contributed by atoms with E-state index in [0.29, 0.717) is 0 Å². The summed E-state index contributed by atoms with van der Waals surface area (Å²) in [5.41, 5.74) is 7.78. The molecule has 1 aromatic rings. The molecule has 0 heterocycles. The molecule has 0 radical (unpaired) electrons. The molecule has 0 aliphatic heterocycles. The van der Waals surface area contributed by atoms with Crippen LogP contribution in [0.4, 0.5) is 0 Å². The molecule has 0 saturated carbocycles.